The van der Waals surface area contributed by atoms with Crippen molar-refractivity contribution in [2.75, 3.05) is 7.11 Å². The van der Waals surface area contributed by atoms with Crippen molar-refractivity contribution in [3.05, 3.63) is 12.2 Å². The Balaban J connectivity index is 3.21. The zero-order valence-electron chi connectivity index (χ0n) is 12.4. The molecule has 18 heavy (non-hydrogen) atoms. The molecule has 106 valence electrons. The van der Waals surface area contributed by atoms with E-state index in [0.717, 1.165) is 19.3 Å². The monoisotopic (exact) mass is 254 g/mol. The van der Waals surface area contributed by atoms with E-state index in [1.165, 1.54) is 45.6 Å². The fraction of sp³-hybridized carbons (Fsp3) is 0.812. The van der Waals surface area contributed by atoms with E-state index in [1.807, 2.05) is 6.92 Å². The highest BCUT2D eigenvalue weighted by atomic mass is 16.5. The van der Waals surface area contributed by atoms with E-state index in [2.05, 4.69) is 19.1 Å². The lowest BCUT2D eigenvalue weighted by Gasteiger charge is -2.08. The first-order valence-corrected chi connectivity index (χ1v) is 7.45. The number of allylic oxidation sites excluding steroid dienone is 2. The second-order valence-electron chi connectivity index (χ2n) is 5.00. The molecule has 0 aromatic heterocycles. The van der Waals surface area contributed by atoms with E-state index in [0.29, 0.717) is 0 Å². The van der Waals surface area contributed by atoms with Crippen LogP contribution in [-0.2, 0) is 9.53 Å². The normalized spacial score (nSPS) is 12.8. The molecule has 0 spiro atoms. The predicted octanol–water partition coefficient (Wildman–Crippen LogP) is 4.88. The van der Waals surface area contributed by atoms with Crippen molar-refractivity contribution in [2.45, 2.75) is 71.6 Å². The summed E-state index contributed by atoms with van der Waals surface area (Å²) in [4.78, 5) is 11.2. The van der Waals surface area contributed by atoms with Gasteiger partial charge in [0, 0.05) is 0 Å². The zero-order chi connectivity index (χ0) is 13.6. The summed E-state index contributed by atoms with van der Waals surface area (Å²) in [6.07, 6.45) is 15.5. The highest BCUT2D eigenvalue weighted by Crippen LogP contribution is 2.13. The molecule has 0 rings (SSSR count). The van der Waals surface area contributed by atoms with E-state index in [1.54, 1.807) is 0 Å². The van der Waals surface area contributed by atoms with Gasteiger partial charge in [-0.2, -0.15) is 0 Å². The summed E-state index contributed by atoms with van der Waals surface area (Å²) in [6, 6.07) is 0. The summed E-state index contributed by atoms with van der Waals surface area (Å²) in [7, 11) is 1.46. The number of carbonyl (C=O) groups excluding carboxylic acids is 1. The van der Waals surface area contributed by atoms with Gasteiger partial charge in [0.15, 0.2) is 0 Å². The molecule has 0 bridgehead atoms. The third-order valence-corrected chi connectivity index (χ3v) is 3.26. The maximum absolute atomic E-state index is 11.2. The van der Waals surface area contributed by atoms with E-state index in [9.17, 15) is 4.79 Å². The number of esters is 1. The largest absolute Gasteiger partial charge is 0.469 e. The number of carbonyl (C=O) groups is 1. The molecule has 0 aromatic rings. The molecule has 0 radical (unpaired) electrons. The Bertz CT molecular complexity index is 221. The van der Waals surface area contributed by atoms with Crippen molar-refractivity contribution in [3.8, 4) is 0 Å². The molecule has 0 aliphatic heterocycles. The Labute approximate surface area is 113 Å². The summed E-state index contributed by atoms with van der Waals surface area (Å²) in [5, 5.41) is 0. The minimum atomic E-state index is -0.0716. The van der Waals surface area contributed by atoms with E-state index in [4.69, 9.17) is 4.74 Å². The van der Waals surface area contributed by atoms with Crippen LogP contribution in [0.15, 0.2) is 12.2 Å². The van der Waals surface area contributed by atoms with Crippen LogP contribution in [0, 0.1) is 5.92 Å². The van der Waals surface area contributed by atoms with Gasteiger partial charge in [-0.3, -0.25) is 4.79 Å². The van der Waals surface area contributed by atoms with Crippen LogP contribution in [0.25, 0.3) is 0 Å². The predicted molar refractivity (Wildman–Crippen MR) is 77.5 cm³/mol. The van der Waals surface area contributed by atoms with Crippen LogP contribution in [0.4, 0.5) is 0 Å². The minimum Gasteiger partial charge on any atom is -0.469 e. The summed E-state index contributed by atoms with van der Waals surface area (Å²) in [5.41, 5.74) is 0. The van der Waals surface area contributed by atoms with Crippen molar-refractivity contribution < 1.29 is 9.53 Å². The van der Waals surface area contributed by atoms with E-state index < -0.39 is 0 Å². The van der Waals surface area contributed by atoms with Crippen LogP contribution in [0.3, 0.4) is 0 Å². The number of ether oxygens (including phenoxy) is 1. The zero-order valence-corrected chi connectivity index (χ0v) is 12.4. The van der Waals surface area contributed by atoms with Gasteiger partial charge in [-0.1, -0.05) is 58.1 Å². The maximum Gasteiger partial charge on any atom is 0.308 e. The van der Waals surface area contributed by atoms with Gasteiger partial charge in [0.2, 0.25) is 0 Å². The highest BCUT2D eigenvalue weighted by Gasteiger charge is 2.11. The molecule has 0 heterocycles. The van der Waals surface area contributed by atoms with Gasteiger partial charge in [-0.05, 0) is 25.7 Å². The molecule has 2 heteroatoms. The maximum atomic E-state index is 11.2. The molecule has 0 N–H and O–H groups in total. The van der Waals surface area contributed by atoms with Crippen molar-refractivity contribution in [1.82, 2.24) is 0 Å². The average molecular weight is 254 g/mol. The van der Waals surface area contributed by atoms with Crippen LogP contribution in [0.5, 0.6) is 0 Å². The number of unbranched alkanes of at least 4 members (excludes halogenated alkanes) is 6. The molecule has 2 nitrogen and oxygen atoms in total. The Morgan fingerprint density at radius 2 is 1.67 bits per heavy atom. The van der Waals surface area contributed by atoms with Crippen molar-refractivity contribution in [2.24, 2.45) is 5.92 Å². The number of methoxy groups -OCH3 is 1. The lowest BCUT2D eigenvalue weighted by atomic mass is 10.0. The third-order valence-electron chi connectivity index (χ3n) is 3.26. The topological polar surface area (TPSA) is 26.3 Å². The SMILES string of the molecule is CCC=CCCCCCCCCC(C)C(=O)OC. The molecule has 0 saturated heterocycles. The van der Waals surface area contributed by atoms with Gasteiger partial charge in [0.25, 0.3) is 0 Å². The highest BCUT2D eigenvalue weighted by molar-refractivity contribution is 5.71. The van der Waals surface area contributed by atoms with Gasteiger partial charge in [0.05, 0.1) is 13.0 Å². The molecule has 0 aromatic carbocycles. The minimum absolute atomic E-state index is 0.0641. The number of hydrogen-bond donors (Lipinski definition) is 0. The number of rotatable bonds is 11. The molecule has 1 atom stereocenters. The fourth-order valence-corrected chi connectivity index (χ4v) is 2.02. The molecule has 0 aliphatic rings. The van der Waals surface area contributed by atoms with E-state index >= 15 is 0 Å². The smallest absolute Gasteiger partial charge is 0.308 e. The van der Waals surface area contributed by atoms with Crippen molar-refractivity contribution >= 4 is 5.97 Å². The van der Waals surface area contributed by atoms with Gasteiger partial charge < -0.3 is 4.74 Å². The average Bonchev–Trinajstić information content (AvgIpc) is 2.39. The van der Waals surface area contributed by atoms with Gasteiger partial charge >= 0.3 is 5.97 Å². The summed E-state index contributed by atoms with van der Waals surface area (Å²) >= 11 is 0. The first-order valence-electron chi connectivity index (χ1n) is 7.45. The summed E-state index contributed by atoms with van der Waals surface area (Å²) in [5.74, 6) is -0.00751. The van der Waals surface area contributed by atoms with Crippen LogP contribution in [-0.4, -0.2) is 13.1 Å². The summed E-state index contributed by atoms with van der Waals surface area (Å²) < 4.78 is 4.71. The third kappa shape index (κ3) is 10.4. The van der Waals surface area contributed by atoms with Crippen molar-refractivity contribution in [1.29, 1.82) is 0 Å². The van der Waals surface area contributed by atoms with Crippen LogP contribution in [0.1, 0.15) is 71.6 Å². The lowest BCUT2D eigenvalue weighted by molar-refractivity contribution is -0.145. The Hall–Kier alpha value is -0.790. The Morgan fingerprint density at radius 3 is 2.28 bits per heavy atom. The Morgan fingerprint density at radius 1 is 1.06 bits per heavy atom. The van der Waals surface area contributed by atoms with Gasteiger partial charge in [-0.25, -0.2) is 0 Å². The standard InChI is InChI=1S/C16H30O2/c1-4-5-6-7-8-9-10-11-12-13-14-15(2)16(17)18-3/h5-6,15H,4,7-14H2,1-3H3. The molecule has 0 saturated carbocycles. The lowest BCUT2D eigenvalue weighted by Crippen LogP contribution is -2.12. The first-order chi connectivity index (χ1) is 8.72. The van der Waals surface area contributed by atoms with E-state index in [-0.39, 0.29) is 11.9 Å². The Kier molecular flexibility index (Phi) is 12.1. The summed E-state index contributed by atoms with van der Waals surface area (Å²) in [6.45, 7) is 4.12. The molecule has 1 unspecified atom stereocenters. The fourth-order valence-electron chi connectivity index (χ4n) is 2.02. The van der Waals surface area contributed by atoms with Gasteiger partial charge in [-0.15, -0.1) is 0 Å². The second kappa shape index (κ2) is 12.7. The van der Waals surface area contributed by atoms with Crippen LogP contribution >= 0.6 is 0 Å². The molecule has 0 fully saturated rings. The number of hydrogen-bond acceptors (Lipinski definition) is 2. The first kappa shape index (κ1) is 17.2. The molecule has 0 amide bonds. The molecule has 0 aliphatic carbocycles. The molecular formula is C16H30O2. The van der Waals surface area contributed by atoms with Crippen molar-refractivity contribution in [3.63, 3.8) is 0 Å². The van der Waals surface area contributed by atoms with Gasteiger partial charge in [0.1, 0.15) is 0 Å². The van der Waals surface area contributed by atoms with Crippen LogP contribution in [0.2, 0.25) is 0 Å². The van der Waals surface area contributed by atoms with Crippen LogP contribution < -0.4 is 0 Å². The quantitative estimate of drug-likeness (QED) is 0.298. The molecular weight excluding hydrogens is 224 g/mol. The second-order valence-corrected chi connectivity index (χ2v) is 5.00.